The van der Waals surface area contributed by atoms with Crippen molar-refractivity contribution in [1.29, 1.82) is 0 Å². The molecule has 0 amide bonds. The maximum absolute atomic E-state index is 10.9. The van der Waals surface area contributed by atoms with Gasteiger partial charge in [-0.25, -0.2) is 0 Å². The second kappa shape index (κ2) is 3.13. The second-order valence-electron chi connectivity index (χ2n) is 3.44. The Morgan fingerprint density at radius 3 is 2.64 bits per heavy atom. The third kappa shape index (κ3) is 1.58. The van der Waals surface area contributed by atoms with Crippen LogP contribution in [0.2, 0.25) is 0 Å². The molecular formula is C8H13BrO2. The zero-order valence-electron chi connectivity index (χ0n) is 6.64. The lowest BCUT2D eigenvalue weighted by Crippen LogP contribution is -2.38. The molecule has 0 heterocycles. The molecule has 1 aliphatic rings. The third-order valence-electron chi connectivity index (χ3n) is 2.58. The molecular weight excluding hydrogens is 208 g/mol. The lowest BCUT2D eigenvalue weighted by molar-refractivity contribution is -0.149. The van der Waals surface area contributed by atoms with Crippen molar-refractivity contribution >= 4 is 21.9 Å². The van der Waals surface area contributed by atoms with Gasteiger partial charge in [0.1, 0.15) is 0 Å². The second-order valence-corrected chi connectivity index (χ2v) is 4.54. The molecule has 2 atom stereocenters. The summed E-state index contributed by atoms with van der Waals surface area (Å²) in [4.78, 5) is 11.0. The monoisotopic (exact) mass is 220 g/mol. The van der Waals surface area contributed by atoms with Crippen LogP contribution in [0.1, 0.15) is 32.6 Å². The van der Waals surface area contributed by atoms with Crippen LogP contribution in [0.3, 0.4) is 0 Å². The van der Waals surface area contributed by atoms with Gasteiger partial charge in [-0.1, -0.05) is 28.8 Å². The summed E-state index contributed by atoms with van der Waals surface area (Å²) in [7, 11) is 0. The Bertz CT molecular complexity index is 169. The van der Waals surface area contributed by atoms with Gasteiger partial charge >= 0.3 is 5.97 Å². The summed E-state index contributed by atoms with van der Waals surface area (Å²) in [6.45, 7) is 1.83. The smallest absolute Gasteiger partial charge is 0.310 e. The zero-order valence-corrected chi connectivity index (χ0v) is 8.23. The number of aliphatic carboxylic acids is 1. The molecule has 0 bridgehead atoms. The molecule has 1 saturated carbocycles. The number of hydrogen-bond donors (Lipinski definition) is 1. The summed E-state index contributed by atoms with van der Waals surface area (Å²) in [6, 6.07) is 0. The number of hydrogen-bond acceptors (Lipinski definition) is 1. The van der Waals surface area contributed by atoms with Crippen molar-refractivity contribution in [2.75, 3.05) is 0 Å². The van der Waals surface area contributed by atoms with Gasteiger partial charge in [-0.3, -0.25) is 4.79 Å². The lowest BCUT2D eigenvalue weighted by Gasteiger charge is -2.34. The average Bonchev–Trinajstić information content (AvgIpc) is 1.95. The maximum atomic E-state index is 10.9. The molecule has 1 fully saturated rings. The van der Waals surface area contributed by atoms with E-state index in [2.05, 4.69) is 15.9 Å². The molecule has 0 spiro atoms. The van der Waals surface area contributed by atoms with Crippen molar-refractivity contribution in [3.05, 3.63) is 0 Å². The van der Waals surface area contributed by atoms with Gasteiger partial charge in [0, 0.05) is 4.83 Å². The molecule has 2 nitrogen and oxygen atoms in total. The van der Waals surface area contributed by atoms with E-state index in [-0.39, 0.29) is 4.83 Å². The number of carboxylic acid groups (broad SMARTS) is 1. The van der Waals surface area contributed by atoms with E-state index in [1.807, 2.05) is 6.92 Å². The van der Waals surface area contributed by atoms with Crippen molar-refractivity contribution in [3.63, 3.8) is 0 Å². The van der Waals surface area contributed by atoms with Gasteiger partial charge in [0.05, 0.1) is 5.41 Å². The van der Waals surface area contributed by atoms with Crippen molar-refractivity contribution in [1.82, 2.24) is 0 Å². The van der Waals surface area contributed by atoms with Crippen LogP contribution < -0.4 is 0 Å². The van der Waals surface area contributed by atoms with Gasteiger partial charge in [0.15, 0.2) is 0 Å². The molecule has 64 valence electrons. The minimum atomic E-state index is -0.668. The summed E-state index contributed by atoms with van der Waals surface area (Å²) < 4.78 is 0. The van der Waals surface area contributed by atoms with Crippen molar-refractivity contribution < 1.29 is 9.90 Å². The Morgan fingerprint density at radius 2 is 2.27 bits per heavy atom. The topological polar surface area (TPSA) is 37.3 Å². The van der Waals surface area contributed by atoms with Gasteiger partial charge in [0.2, 0.25) is 0 Å². The van der Waals surface area contributed by atoms with E-state index in [9.17, 15) is 4.79 Å². The van der Waals surface area contributed by atoms with E-state index in [4.69, 9.17) is 5.11 Å². The summed E-state index contributed by atoms with van der Waals surface area (Å²) >= 11 is 3.43. The molecule has 0 aromatic heterocycles. The van der Waals surface area contributed by atoms with Crippen LogP contribution in [0, 0.1) is 5.41 Å². The minimum absolute atomic E-state index is 0.154. The summed E-state index contributed by atoms with van der Waals surface area (Å²) in [5.41, 5.74) is -0.530. The van der Waals surface area contributed by atoms with Gasteiger partial charge in [0.25, 0.3) is 0 Å². The summed E-state index contributed by atoms with van der Waals surface area (Å²) in [5.74, 6) is -0.668. The summed E-state index contributed by atoms with van der Waals surface area (Å²) in [6.07, 6.45) is 3.99. The van der Waals surface area contributed by atoms with Gasteiger partial charge in [-0.2, -0.15) is 0 Å². The SMILES string of the molecule is CC1(C(=O)O)CCCCC1Br. The van der Waals surface area contributed by atoms with E-state index < -0.39 is 11.4 Å². The quantitative estimate of drug-likeness (QED) is 0.690. The first-order valence-electron chi connectivity index (χ1n) is 3.95. The van der Waals surface area contributed by atoms with Crippen LogP contribution >= 0.6 is 15.9 Å². The van der Waals surface area contributed by atoms with Crippen molar-refractivity contribution in [2.45, 2.75) is 37.4 Å². The van der Waals surface area contributed by atoms with E-state index in [0.717, 1.165) is 25.7 Å². The molecule has 1 rings (SSSR count). The fourth-order valence-corrected chi connectivity index (χ4v) is 2.28. The van der Waals surface area contributed by atoms with Crippen LogP contribution in [0.5, 0.6) is 0 Å². The van der Waals surface area contributed by atoms with Crippen LogP contribution in [-0.4, -0.2) is 15.9 Å². The van der Waals surface area contributed by atoms with E-state index in [0.29, 0.717) is 0 Å². The Morgan fingerprint density at radius 1 is 1.64 bits per heavy atom. The minimum Gasteiger partial charge on any atom is -0.481 e. The van der Waals surface area contributed by atoms with Crippen molar-refractivity contribution in [3.8, 4) is 0 Å². The highest BCUT2D eigenvalue weighted by molar-refractivity contribution is 9.09. The molecule has 0 saturated heterocycles. The predicted molar refractivity (Wildman–Crippen MR) is 46.9 cm³/mol. The Hall–Kier alpha value is -0.0500. The number of alkyl halides is 1. The zero-order chi connectivity index (χ0) is 8.48. The highest BCUT2D eigenvalue weighted by Crippen LogP contribution is 2.40. The highest BCUT2D eigenvalue weighted by Gasteiger charge is 2.41. The highest BCUT2D eigenvalue weighted by atomic mass is 79.9. The molecule has 0 aromatic rings. The first-order valence-corrected chi connectivity index (χ1v) is 4.86. The largest absolute Gasteiger partial charge is 0.481 e. The molecule has 11 heavy (non-hydrogen) atoms. The normalized spacial score (nSPS) is 38.5. The molecule has 0 aliphatic heterocycles. The number of halogens is 1. The van der Waals surface area contributed by atoms with Crippen LogP contribution in [0.25, 0.3) is 0 Å². The molecule has 0 aromatic carbocycles. The van der Waals surface area contributed by atoms with E-state index in [1.165, 1.54) is 0 Å². The van der Waals surface area contributed by atoms with E-state index in [1.54, 1.807) is 0 Å². The lowest BCUT2D eigenvalue weighted by atomic mass is 9.76. The molecule has 1 aliphatic carbocycles. The molecule has 3 heteroatoms. The predicted octanol–water partition coefficient (Wildman–Crippen LogP) is 2.41. The average molecular weight is 221 g/mol. The maximum Gasteiger partial charge on any atom is 0.310 e. The van der Waals surface area contributed by atoms with E-state index >= 15 is 0 Å². The standard InChI is InChI=1S/C8H13BrO2/c1-8(7(10)11)5-3-2-4-6(8)9/h6H,2-5H2,1H3,(H,10,11). The summed E-state index contributed by atoms with van der Waals surface area (Å²) in [5, 5.41) is 8.94. The van der Waals surface area contributed by atoms with Gasteiger partial charge in [-0.15, -0.1) is 0 Å². The third-order valence-corrected chi connectivity index (χ3v) is 4.05. The number of carboxylic acids is 1. The Labute approximate surface area is 75.1 Å². The fraction of sp³-hybridized carbons (Fsp3) is 0.875. The Balaban J connectivity index is 2.72. The van der Waals surface area contributed by atoms with Crippen molar-refractivity contribution in [2.24, 2.45) is 5.41 Å². The number of carbonyl (C=O) groups is 1. The van der Waals surface area contributed by atoms with Gasteiger partial charge < -0.3 is 5.11 Å². The molecule has 0 radical (unpaired) electrons. The number of rotatable bonds is 1. The first kappa shape index (κ1) is 9.04. The Kier molecular flexibility index (Phi) is 2.58. The molecule has 2 unspecified atom stereocenters. The fourth-order valence-electron chi connectivity index (χ4n) is 1.53. The van der Waals surface area contributed by atoms with Crippen LogP contribution in [-0.2, 0) is 4.79 Å². The molecule has 1 N–H and O–H groups in total. The first-order chi connectivity index (χ1) is 5.07. The van der Waals surface area contributed by atoms with Gasteiger partial charge in [-0.05, 0) is 19.8 Å². The van der Waals surface area contributed by atoms with Crippen LogP contribution in [0.4, 0.5) is 0 Å². The van der Waals surface area contributed by atoms with Crippen LogP contribution in [0.15, 0.2) is 0 Å².